The molecular weight excluding hydrogens is 437 g/mol. The van der Waals surface area contributed by atoms with Gasteiger partial charge in [-0.3, -0.25) is 9.48 Å². The summed E-state index contributed by atoms with van der Waals surface area (Å²) in [6.45, 7) is 0.844. The molecule has 8 nitrogen and oxygen atoms in total. The molecule has 1 aromatic carbocycles. The third-order valence-corrected chi connectivity index (χ3v) is 7.05. The maximum Gasteiger partial charge on any atom is 0.435 e. The predicted molar refractivity (Wildman–Crippen MR) is 104 cm³/mol. The zero-order valence-electron chi connectivity index (χ0n) is 16.4. The molecule has 1 aliphatic carbocycles. The number of carbonyl (C=O) groups excluding carboxylic acids is 1. The smallest absolute Gasteiger partial charge is 0.379 e. The molecule has 31 heavy (non-hydrogen) atoms. The Bertz CT molecular complexity index is 1060. The Hall–Kier alpha value is -2.44. The van der Waals surface area contributed by atoms with Crippen LogP contribution in [-0.2, 0) is 32.3 Å². The Labute approximate surface area is 177 Å². The minimum atomic E-state index is -4.58. The second-order valence-corrected chi connectivity index (χ2v) is 9.41. The van der Waals surface area contributed by atoms with Crippen molar-refractivity contribution in [2.75, 3.05) is 31.6 Å². The van der Waals surface area contributed by atoms with Crippen molar-refractivity contribution >= 4 is 21.6 Å². The van der Waals surface area contributed by atoms with E-state index < -0.39 is 27.8 Å². The van der Waals surface area contributed by atoms with Crippen LogP contribution >= 0.6 is 0 Å². The maximum absolute atomic E-state index is 13.0. The number of sulfonamides is 1. The number of morpholine rings is 1. The van der Waals surface area contributed by atoms with Crippen LogP contribution in [0.25, 0.3) is 0 Å². The van der Waals surface area contributed by atoms with Crippen LogP contribution in [0.1, 0.15) is 30.1 Å². The number of nitrogens with zero attached hydrogens (tertiary/aromatic N) is 3. The molecule has 168 valence electrons. The number of benzene rings is 1. The number of nitrogens with one attached hydrogen (secondary N) is 1. The molecule has 1 amide bonds. The topological polar surface area (TPSA) is 93.5 Å². The Balaban J connectivity index is 1.43. The van der Waals surface area contributed by atoms with Crippen molar-refractivity contribution < 1.29 is 31.1 Å². The van der Waals surface area contributed by atoms with Gasteiger partial charge in [-0.2, -0.15) is 22.6 Å². The quantitative estimate of drug-likeness (QED) is 0.718. The molecule has 0 radical (unpaired) electrons. The number of halogens is 3. The van der Waals surface area contributed by atoms with E-state index in [2.05, 4.69) is 10.4 Å². The van der Waals surface area contributed by atoms with Crippen molar-refractivity contribution in [2.24, 2.45) is 0 Å². The number of amides is 1. The number of alkyl halides is 3. The lowest BCUT2D eigenvalue weighted by Crippen LogP contribution is -2.40. The summed E-state index contributed by atoms with van der Waals surface area (Å²) in [7, 11) is -3.66. The molecule has 0 atom stereocenters. The maximum atomic E-state index is 13.0. The van der Waals surface area contributed by atoms with Crippen molar-refractivity contribution in [3.63, 3.8) is 0 Å². The lowest BCUT2D eigenvalue weighted by atomic mass is 10.2. The first kappa shape index (κ1) is 21.8. The molecule has 1 saturated heterocycles. The summed E-state index contributed by atoms with van der Waals surface area (Å²) in [5, 5.41) is 6.13. The van der Waals surface area contributed by atoms with Gasteiger partial charge in [0.05, 0.1) is 18.1 Å². The van der Waals surface area contributed by atoms with E-state index in [-0.39, 0.29) is 30.4 Å². The van der Waals surface area contributed by atoms with Gasteiger partial charge in [-0.1, -0.05) is 0 Å². The second kappa shape index (κ2) is 8.24. The standard InChI is InChI=1S/C19H21F3N4O4S/c20-19(21,22)17-11-16(13-1-2-13)26(24-17)12-18(27)23-14-3-5-15(6-4-14)31(28,29)25-7-9-30-10-8-25/h3-6,11,13H,1-2,7-10,12H2,(H,23,27). The van der Waals surface area contributed by atoms with Gasteiger partial charge in [0.1, 0.15) is 6.54 Å². The number of ether oxygens (including phenoxy) is 1. The summed E-state index contributed by atoms with van der Waals surface area (Å²) in [5.74, 6) is -0.566. The average Bonchev–Trinajstić information content (AvgIpc) is 3.48. The molecule has 2 aliphatic rings. The molecule has 2 heterocycles. The normalized spacial score (nSPS) is 18.2. The Kier molecular flexibility index (Phi) is 5.79. The highest BCUT2D eigenvalue weighted by atomic mass is 32.2. The van der Waals surface area contributed by atoms with Gasteiger partial charge in [0.2, 0.25) is 15.9 Å². The van der Waals surface area contributed by atoms with Crippen molar-refractivity contribution in [3.8, 4) is 0 Å². The van der Waals surface area contributed by atoms with Gasteiger partial charge < -0.3 is 10.1 Å². The molecule has 1 N–H and O–H groups in total. The van der Waals surface area contributed by atoms with Crippen molar-refractivity contribution in [1.29, 1.82) is 0 Å². The molecular formula is C19H21F3N4O4S. The zero-order chi connectivity index (χ0) is 22.2. The van der Waals surface area contributed by atoms with Gasteiger partial charge in [-0.25, -0.2) is 8.42 Å². The minimum absolute atomic E-state index is 0.0129. The Morgan fingerprint density at radius 3 is 2.39 bits per heavy atom. The Morgan fingerprint density at radius 2 is 1.81 bits per heavy atom. The number of anilines is 1. The molecule has 1 saturated carbocycles. The molecule has 12 heteroatoms. The van der Waals surface area contributed by atoms with Crippen molar-refractivity contribution in [3.05, 3.63) is 41.7 Å². The number of aromatic nitrogens is 2. The van der Waals surface area contributed by atoms with Gasteiger partial charge in [0.25, 0.3) is 0 Å². The van der Waals surface area contributed by atoms with Gasteiger partial charge in [0.15, 0.2) is 5.69 Å². The SMILES string of the molecule is O=C(Cn1nc(C(F)(F)F)cc1C1CC1)Nc1ccc(S(=O)(=O)N2CCOCC2)cc1. The number of hydrogen-bond acceptors (Lipinski definition) is 5. The molecule has 2 fully saturated rings. The van der Waals surface area contributed by atoms with Gasteiger partial charge in [0, 0.05) is 30.4 Å². The molecule has 1 aliphatic heterocycles. The predicted octanol–water partition coefficient (Wildman–Crippen LogP) is 2.44. The van der Waals surface area contributed by atoms with Crippen molar-refractivity contribution in [1.82, 2.24) is 14.1 Å². The summed E-state index contributed by atoms with van der Waals surface area (Å²) in [5.41, 5.74) is -0.281. The van der Waals surface area contributed by atoms with E-state index in [1.807, 2.05) is 0 Å². The fourth-order valence-corrected chi connectivity index (χ4v) is 4.79. The van der Waals surface area contributed by atoms with E-state index in [1.165, 1.54) is 28.6 Å². The third-order valence-electron chi connectivity index (χ3n) is 5.14. The first-order valence-corrected chi connectivity index (χ1v) is 11.2. The zero-order valence-corrected chi connectivity index (χ0v) is 17.2. The highest BCUT2D eigenvalue weighted by Gasteiger charge is 2.38. The second-order valence-electron chi connectivity index (χ2n) is 7.47. The fraction of sp³-hybridized carbons (Fsp3) is 0.474. The van der Waals surface area contributed by atoms with Gasteiger partial charge in [-0.05, 0) is 43.2 Å². The first-order chi connectivity index (χ1) is 14.6. The molecule has 4 rings (SSSR count). The van der Waals surface area contributed by atoms with Crippen molar-refractivity contribution in [2.45, 2.75) is 36.4 Å². The van der Waals surface area contributed by atoms with Gasteiger partial charge >= 0.3 is 6.18 Å². The highest BCUT2D eigenvalue weighted by molar-refractivity contribution is 7.89. The van der Waals surface area contributed by atoms with Crippen LogP contribution in [0, 0.1) is 0 Å². The van der Waals surface area contributed by atoms with Crippen LogP contribution in [0.5, 0.6) is 0 Å². The molecule has 1 aromatic heterocycles. The molecule has 0 spiro atoms. The van der Waals surface area contributed by atoms with E-state index in [4.69, 9.17) is 4.74 Å². The van der Waals surface area contributed by atoms with Crippen LogP contribution in [0.3, 0.4) is 0 Å². The summed E-state index contributed by atoms with van der Waals surface area (Å²) < 4.78 is 71.8. The summed E-state index contributed by atoms with van der Waals surface area (Å²) in [4.78, 5) is 12.5. The fourth-order valence-electron chi connectivity index (χ4n) is 3.39. The number of carbonyl (C=O) groups is 1. The van der Waals surface area contributed by atoms with Crippen LogP contribution in [0.2, 0.25) is 0 Å². The first-order valence-electron chi connectivity index (χ1n) is 9.77. The Morgan fingerprint density at radius 1 is 1.16 bits per heavy atom. The van der Waals surface area contributed by atoms with E-state index in [9.17, 15) is 26.4 Å². The molecule has 0 bridgehead atoms. The number of hydrogen-bond donors (Lipinski definition) is 1. The van der Waals surface area contributed by atoms with E-state index in [0.29, 0.717) is 24.6 Å². The van der Waals surface area contributed by atoms with E-state index in [1.54, 1.807) is 0 Å². The minimum Gasteiger partial charge on any atom is -0.379 e. The van der Waals surface area contributed by atoms with Crippen LogP contribution in [0.4, 0.5) is 18.9 Å². The monoisotopic (exact) mass is 458 g/mol. The molecule has 2 aromatic rings. The largest absolute Gasteiger partial charge is 0.435 e. The van der Waals surface area contributed by atoms with E-state index in [0.717, 1.165) is 23.6 Å². The van der Waals surface area contributed by atoms with Crippen LogP contribution in [0.15, 0.2) is 35.2 Å². The number of rotatable bonds is 6. The molecule has 0 unspecified atom stereocenters. The lowest BCUT2D eigenvalue weighted by molar-refractivity contribution is -0.141. The summed E-state index contributed by atoms with van der Waals surface area (Å²) in [6.07, 6.45) is -3.04. The average molecular weight is 458 g/mol. The highest BCUT2D eigenvalue weighted by Crippen LogP contribution is 2.42. The lowest BCUT2D eigenvalue weighted by Gasteiger charge is -2.26. The summed E-state index contributed by atoms with van der Waals surface area (Å²) >= 11 is 0. The van der Waals surface area contributed by atoms with E-state index >= 15 is 0 Å². The third kappa shape index (κ3) is 4.91. The van der Waals surface area contributed by atoms with Crippen LogP contribution in [-0.4, -0.2) is 54.7 Å². The van der Waals surface area contributed by atoms with Crippen LogP contribution < -0.4 is 5.32 Å². The summed E-state index contributed by atoms with van der Waals surface area (Å²) in [6, 6.07) is 6.64. The van der Waals surface area contributed by atoms with Gasteiger partial charge in [-0.15, -0.1) is 0 Å².